The number of likely N-dealkylation sites (tertiary alicyclic amines) is 1. The molecule has 3 heterocycles. The van der Waals surface area contributed by atoms with Crippen LogP contribution >= 0.6 is 0 Å². The van der Waals surface area contributed by atoms with Gasteiger partial charge in [-0.25, -0.2) is 4.39 Å². The number of nitrogens with one attached hydrogen (secondary N) is 1. The van der Waals surface area contributed by atoms with Gasteiger partial charge in [0.15, 0.2) is 0 Å². The topological polar surface area (TPSA) is 78.5 Å². The lowest BCUT2D eigenvalue weighted by atomic mass is 10.00. The summed E-state index contributed by atoms with van der Waals surface area (Å²) in [6.45, 7) is 6.21. The fourth-order valence-electron chi connectivity index (χ4n) is 4.40. The second-order valence-corrected chi connectivity index (χ2v) is 8.29. The molecule has 0 bridgehead atoms. The fraction of sp³-hybridized carbons (Fsp3) is 0.500. The maximum absolute atomic E-state index is 13.1. The SMILES string of the molecule is C[C@@H]1CN(C(=O)c2cn[nH]c2[C@H]2CCN(C(=O)Cc3ccc(F)cc3)C2)C[C@@H](C)O1. The van der Waals surface area contributed by atoms with Gasteiger partial charge in [-0.05, 0) is 38.0 Å². The quantitative estimate of drug-likeness (QED) is 0.833. The van der Waals surface area contributed by atoms with Crippen LogP contribution in [0, 0.1) is 5.82 Å². The summed E-state index contributed by atoms with van der Waals surface area (Å²) in [5, 5.41) is 7.12. The Morgan fingerprint density at radius 3 is 2.53 bits per heavy atom. The van der Waals surface area contributed by atoms with Crippen molar-refractivity contribution < 1.29 is 18.7 Å². The Morgan fingerprint density at radius 2 is 1.83 bits per heavy atom. The van der Waals surface area contributed by atoms with Gasteiger partial charge in [0.1, 0.15) is 5.82 Å². The van der Waals surface area contributed by atoms with Crippen molar-refractivity contribution >= 4 is 11.8 Å². The van der Waals surface area contributed by atoms with E-state index in [1.807, 2.05) is 23.6 Å². The minimum Gasteiger partial charge on any atom is -0.372 e. The third-order valence-electron chi connectivity index (χ3n) is 5.82. The Morgan fingerprint density at radius 1 is 1.13 bits per heavy atom. The van der Waals surface area contributed by atoms with Crippen LogP contribution in [0.2, 0.25) is 0 Å². The van der Waals surface area contributed by atoms with Crippen molar-refractivity contribution in [2.45, 2.75) is 44.8 Å². The van der Waals surface area contributed by atoms with E-state index in [1.54, 1.807) is 18.3 Å². The third-order valence-corrected chi connectivity index (χ3v) is 5.82. The van der Waals surface area contributed by atoms with Gasteiger partial charge in [-0.1, -0.05) is 12.1 Å². The number of benzene rings is 1. The predicted octanol–water partition coefficient (Wildman–Crippen LogP) is 2.36. The van der Waals surface area contributed by atoms with Gasteiger partial charge in [0, 0.05) is 32.1 Å². The van der Waals surface area contributed by atoms with Gasteiger partial charge < -0.3 is 14.5 Å². The van der Waals surface area contributed by atoms with Gasteiger partial charge in [0.2, 0.25) is 5.91 Å². The number of carbonyl (C=O) groups is 2. The van der Waals surface area contributed by atoms with E-state index in [1.165, 1.54) is 12.1 Å². The van der Waals surface area contributed by atoms with E-state index in [9.17, 15) is 14.0 Å². The molecule has 3 atom stereocenters. The lowest BCUT2D eigenvalue weighted by Crippen LogP contribution is -2.48. The Balaban J connectivity index is 1.41. The molecule has 2 amide bonds. The molecule has 160 valence electrons. The maximum atomic E-state index is 13.1. The van der Waals surface area contributed by atoms with Crippen molar-refractivity contribution in [3.05, 3.63) is 53.1 Å². The highest BCUT2D eigenvalue weighted by Crippen LogP contribution is 2.29. The third kappa shape index (κ3) is 4.38. The fourth-order valence-corrected chi connectivity index (χ4v) is 4.40. The Kier molecular flexibility index (Phi) is 5.85. The molecule has 0 unspecified atom stereocenters. The van der Waals surface area contributed by atoms with E-state index in [4.69, 9.17) is 4.74 Å². The van der Waals surface area contributed by atoms with Gasteiger partial charge in [0.25, 0.3) is 5.91 Å². The smallest absolute Gasteiger partial charge is 0.257 e. The molecular weight excluding hydrogens is 387 g/mol. The molecule has 30 heavy (non-hydrogen) atoms. The average molecular weight is 414 g/mol. The molecular formula is C22H27FN4O3. The zero-order valence-electron chi connectivity index (χ0n) is 17.3. The van der Waals surface area contributed by atoms with Crippen LogP contribution in [0.1, 0.15) is 47.8 Å². The zero-order chi connectivity index (χ0) is 21.3. The van der Waals surface area contributed by atoms with E-state index in [0.29, 0.717) is 31.7 Å². The van der Waals surface area contributed by atoms with Crippen LogP contribution in [0.25, 0.3) is 0 Å². The van der Waals surface area contributed by atoms with E-state index < -0.39 is 0 Å². The Bertz CT molecular complexity index is 903. The van der Waals surface area contributed by atoms with Crippen LogP contribution in [0.4, 0.5) is 4.39 Å². The standard InChI is InChI=1S/C22H27FN4O3/c1-14-11-27(12-15(2)30-14)22(29)19-10-24-25-21(19)17-7-8-26(13-17)20(28)9-16-3-5-18(23)6-4-16/h3-6,10,14-15,17H,7-9,11-13H2,1-2H3,(H,24,25)/t14-,15-,17+/m1/s1. The minimum absolute atomic E-state index is 0.000828. The summed E-state index contributed by atoms with van der Waals surface area (Å²) in [5.74, 6) is -0.309. The first-order chi connectivity index (χ1) is 14.4. The first kappa shape index (κ1) is 20.5. The van der Waals surface area contributed by atoms with Gasteiger partial charge in [-0.2, -0.15) is 5.10 Å². The Hall–Kier alpha value is -2.74. The summed E-state index contributed by atoms with van der Waals surface area (Å²) in [7, 11) is 0. The highest BCUT2D eigenvalue weighted by molar-refractivity contribution is 5.95. The van der Waals surface area contributed by atoms with Crippen LogP contribution in [-0.4, -0.2) is 70.2 Å². The predicted molar refractivity (Wildman–Crippen MR) is 109 cm³/mol. The van der Waals surface area contributed by atoms with E-state index >= 15 is 0 Å². The summed E-state index contributed by atoms with van der Waals surface area (Å²) >= 11 is 0. The van der Waals surface area contributed by atoms with Crippen molar-refractivity contribution in [3.63, 3.8) is 0 Å². The minimum atomic E-state index is -0.312. The summed E-state index contributed by atoms with van der Waals surface area (Å²) in [4.78, 5) is 29.4. The van der Waals surface area contributed by atoms with Gasteiger partial charge in [-0.3, -0.25) is 14.7 Å². The van der Waals surface area contributed by atoms with Gasteiger partial charge >= 0.3 is 0 Å². The molecule has 1 N–H and O–H groups in total. The molecule has 8 heteroatoms. The lowest BCUT2D eigenvalue weighted by Gasteiger charge is -2.35. The average Bonchev–Trinajstić information content (AvgIpc) is 3.37. The number of hydrogen-bond acceptors (Lipinski definition) is 4. The number of halogens is 1. The number of carbonyl (C=O) groups excluding carboxylic acids is 2. The molecule has 0 spiro atoms. The molecule has 1 aromatic carbocycles. The molecule has 0 saturated carbocycles. The van der Waals surface area contributed by atoms with Crippen LogP contribution < -0.4 is 0 Å². The van der Waals surface area contributed by atoms with E-state index in [-0.39, 0.29) is 42.2 Å². The largest absolute Gasteiger partial charge is 0.372 e. The number of hydrogen-bond donors (Lipinski definition) is 1. The summed E-state index contributed by atoms with van der Waals surface area (Å²) in [6.07, 6.45) is 2.60. The Labute approximate surface area is 175 Å². The van der Waals surface area contributed by atoms with Crippen molar-refractivity contribution in [3.8, 4) is 0 Å². The second kappa shape index (κ2) is 8.55. The number of amides is 2. The number of morpholine rings is 1. The number of ether oxygens (including phenoxy) is 1. The summed E-state index contributed by atoms with van der Waals surface area (Å²) in [5.41, 5.74) is 2.16. The van der Waals surface area contributed by atoms with Crippen molar-refractivity contribution in [1.82, 2.24) is 20.0 Å². The molecule has 2 saturated heterocycles. The van der Waals surface area contributed by atoms with Gasteiger partial charge in [0.05, 0.1) is 36.1 Å². The molecule has 2 fully saturated rings. The second-order valence-electron chi connectivity index (χ2n) is 8.29. The number of aromatic nitrogens is 2. The number of nitrogens with zero attached hydrogens (tertiary/aromatic N) is 3. The lowest BCUT2D eigenvalue weighted by molar-refractivity contribution is -0.129. The van der Waals surface area contributed by atoms with E-state index in [0.717, 1.165) is 17.7 Å². The molecule has 1 aromatic heterocycles. The van der Waals surface area contributed by atoms with Crippen LogP contribution in [0.5, 0.6) is 0 Å². The van der Waals surface area contributed by atoms with Crippen LogP contribution in [0.3, 0.4) is 0 Å². The van der Waals surface area contributed by atoms with Crippen molar-refractivity contribution in [2.75, 3.05) is 26.2 Å². The van der Waals surface area contributed by atoms with Crippen molar-refractivity contribution in [1.29, 1.82) is 0 Å². The molecule has 4 rings (SSSR count). The van der Waals surface area contributed by atoms with Crippen molar-refractivity contribution in [2.24, 2.45) is 0 Å². The number of aromatic amines is 1. The number of rotatable bonds is 4. The first-order valence-electron chi connectivity index (χ1n) is 10.4. The normalized spacial score (nSPS) is 24.3. The zero-order valence-corrected chi connectivity index (χ0v) is 17.3. The molecule has 7 nitrogen and oxygen atoms in total. The first-order valence-corrected chi connectivity index (χ1v) is 10.4. The van der Waals surface area contributed by atoms with E-state index in [2.05, 4.69) is 10.2 Å². The summed E-state index contributed by atoms with van der Waals surface area (Å²) in [6, 6.07) is 6.00. The summed E-state index contributed by atoms with van der Waals surface area (Å²) < 4.78 is 18.8. The maximum Gasteiger partial charge on any atom is 0.257 e. The molecule has 2 aliphatic rings. The number of H-pyrrole nitrogens is 1. The molecule has 2 aliphatic heterocycles. The van der Waals surface area contributed by atoms with Gasteiger partial charge in [-0.15, -0.1) is 0 Å². The monoisotopic (exact) mass is 414 g/mol. The highest BCUT2D eigenvalue weighted by atomic mass is 19.1. The van der Waals surface area contributed by atoms with Crippen LogP contribution in [-0.2, 0) is 16.0 Å². The highest BCUT2D eigenvalue weighted by Gasteiger charge is 2.34. The van der Waals surface area contributed by atoms with Crippen LogP contribution in [0.15, 0.2) is 30.5 Å². The molecule has 0 radical (unpaired) electrons. The molecule has 2 aromatic rings. The molecule has 0 aliphatic carbocycles.